The van der Waals surface area contributed by atoms with Gasteiger partial charge in [0.1, 0.15) is 0 Å². The van der Waals surface area contributed by atoms with E-state index in [1.54, 1.807) is 6.07 Å². The Bertz CT molecular complexity index is 341. The third-order valence-corrected chi connectivity index (χ3v) is 2.41. The summed E-state index contributed by atoms with van der Waals surface area (Å²) >= 11 is 0. The first-order valence-electron chi connectivity index (χ1n) is 3.16. The van der Waals surface area contributed by atoms with E-state index < -0.39 is 7.60 Å². The van der Waals surface area contributed by atoms with Crippen LogP contribution in [-0.2, 0) is 4.57 Å². The van der Waals surface area contributed by atoms with Crippen molar-refractivity contribution in [1.29, 1.82) is 0 Å². The van der Waals surface area contributed by atoms with E-state index in [4.69, 9.17) is 9.79 Å². The van der Waals surface area contributed by atoms with Crippen molar-refractivity contribution in [3.8, 4) is 0 Å². The Balaban J connectivity index is 3.33. The van der Waals surface area contributed by atoms with Crippen molar-refractivity contribution >= 4 is 19.2 Å². The zero-order chi connectivity index (χ0) is 9.19. The molecule has 0 bridgehead atoms. The minimum absolute atomic E-state index is 0.0332. The quantitative estimate of drug-likeness (QED) is 0.514. The van der Waals surface area contributed by atoms with Crippen molar-refractivity contribution in [1.82, 2.24) is 0 Å². The summed E-state index contributed by atoms with van der Waals surface area (Å²) in [6, 6.07) is 5.62. The fraction of sp³-hybridized carbons (Fsp3) is 0. The molecule has 0 aliphatic carbocycles. The summed E-state index contributed by atoms with van der Waals surface area (Å²) in [4.78, 5) is 27.8. The zero-order valence-electron chi connectivity index (χ0n) is 6.04. The van der Waals surface area contributed by atoms with Gasteiger partial charge in [-0.2, -0.15) is 0 Å². The number of hydrogen-bond acceptors (Lipinski definition) is 2. The lowest BCUT2D eigenvalue weighted by Gasteiger charge is -2.04. The van der Waals surface area contributed by atoms with Crippen molar-refractivity contribution in [2.75, 3.05) is 0 Å². The topological polar surface area (TPSA) is 74.6 Å². The van der Waals surface area contributed by atoms with E-state index in [1.165, 1.54) is 18.2 Å². The van der Waals surface area contributed by atoms with Crippen LogP contribution in [0.4, 0.5) is 0 Å². The molecule has 0 aliphatic heterocycles. The largest absolute Gasteiger partial charge is 0.356 e. The molecule has 0 heterocycles. The Labute approximate surface area is 69.0 Å². The maximum atomic E-state index is 10.7. The number of aldehydes is 1. The fourth-order valence-electron chi connectivity index (χ4n) is 0.852. The molecule has 0 aromatic heterocycles. The van der Waals surface area contributed by atoms with E-state index in [-0.39, 0.29) is 10.9 Å². The van der Waals surface area contributed by atoms with Crippen LogP contribution in [0.1, 0.15) is 10.4 Å². The molecule has 0 unspecified atom stereocenters. The first kappa shape index (κ1) is 9.13. The molecule has 0 saturated carbocycles. The normalized spacial score (nSPS) is 11.2. The van der Waals surface area contributed by atoms with Crippen LogP contribution in [0.25, 0.3) is 0 Å². The van der Waals surface area contributed by atoms with Gasteiger partial charge in [0.05, 0.1) is 5.30 Å². The molecule has 64 valence electrons. The van der Waals surface area contributed by atoms with E-state index in [0.29, 0.717) is 6.29 Å². The highest BCUT2D eigenvalue weighted by molar-refractivity contribution is 7.60. The molecule has 0 spiro atoms. The summed E-state index contributed by atoms with van der Waals surface area (Å²) in [5, 5.41) is -0.222. The molecule has 2 N–H and O–H groups in total. The van der Waals surface area contributed by atoms with Gasteiger partial charge in [-0.05, 0) is 6.07 Å². The Morgan fingerprint density at radius 3 is 2.25 bits per heavy atom. The van der Waals surface area contributed by atoms with Gasteiger partial charge in [0.15, 0.2) is 6.29 Å². The van der Waals surface area contributed by atoms with E-state index in [9.17, 15) is 9.36 Å². The van der Waals surface area contributed by atoms with Crippen molar-refractivity contribution in [3.63, 3.8) is 0 Å². The average molecular weight is 186 g/mol. The van der Waals surface area contributed by atoms with Crippen LogP contribution in [0.5, 0.6) is 0 Å². The van der Waals surface area contributed by atoms with Crippen LogP contribution < -0.4 is 5.30 Å². The highest BCUT2D eigenvalue weighted by Crippen LogP contribution is 2.33. The van der Waals surface area contributed by atoms with E-state index in [2.05, 4.69) is 0 Å². The van der Waals surface area contributed by atoms with E-state index >= 15 is 0 Å². The first-order chi connectivity index (χ1) is 5.55. The number of carbonyl (C=O) groups excluding carboxylic acids is 1. The van der Waals surface area contributed by atoms with Crippen molar-refractivity contribution < 1.29 is 19.1 Å². The molecule has 0 amide bonds. The van der Waals surface area contributed by atoms with Crippen LogP contribution >= 0.6 is 7.60 Å². The standard InChI is InChI=1S/C7H7O4P/c8-5-6-3-1-2-4-7(6)12(9,10)11/h1-5H,(H2,9,10,11). The van der Waals surface area contributed by atoms with Gasteiger partial charge in [-0.1, -0.05) is 18.2 Å². The lowest BCUT2D eigenvalue weighted by molar-refractivity contribution is 0.112. The monoisotopic (exact) mass is 186 g/mol. The van der Waals surface area contributed by atoms with Gasteiger partial charge in [0.25, 0.3) is 0 Å². The third-order valence-electron chi connectivity index (χ3n) is 1.38. The summed E-state index contributed by atoms with van der Waals surface area (Å²) < 4.78 is 10.7. The van der Waals surface area contributed by atoms with Crippen molar-refractivity contribution in [2.45, 2.75) is 0 Å². The van der Waals surface area contributed by atoms with Gasteiger partial charge >= 0.3 is 7.60 Å². The molecule has 4 nitrogen and oxygen atoms in total. The predicted octanol–water partition coefficient (Wildman–Crippen LogP) is 0.302. The van der Waals surface area contributed by atoms with Gasteiger partial charge in [-0.15, -0.1) is 0 Å². The van der Waals surface area contributed by atoms with Gasteiger partial charge in [-0.25, -0.2) is 0 Å². The minimum Gasteiger partial charge on any atom is -0.321 e. The van der Waals surface area contributed by atoms with Crippen molar-refractivity contribution in [2.24, 2.45) is 0 Å². The van der Waals surface area contributed by atoms with E-state index in [0.717, 1.165) is 0 Å². The second-order valence-electron chi connectivity index (χ2n) is 2.22. The summed E-state index contributed by atoms with van der Waals surface area (Å²) in [7, 11) is -4.30. The highest BCUT2D eigenvalue weighted by atomic mass is 31.2. The fourth-order valence-corrected chi connectivity index (χ4v) is 1.60. The van der Waals surface area contributed by atoms with Gasteiger partial charge in [0.2, 0.25) is 0 Å². The zero-order valence-corrected chi connectivity index (χ0v) is 6.94. The lowest BCUT2D eigenvalue weighted by atomic mass is 10.2. The average Bonchev–Trinajstić information content (AvgIpc) is 2.03. The van der Waals surface area contributed by atoms with Crippen LogP contribution in [0.2, 0.25) is 0 Å². The molecule has 0 radical (unpaired) electrons. The lowest BCUT2D eigenvalue weighted by Crippen LogP contribution is -2.09. The van der Waals surface area contributed by atoms with Crippen molar-refractivity contribution in [3.05, 3.63) is 29.8 Å². The molecule has 0 aliphatic rings. The van der Waals surface area contributed by atoms with Gasteiger partial charge < -0.3 is 9.79 Å². The Kier molecular flexibility index (Phi) is 2.43. The molecular formula is C7H7O4P. The summed E-state index contributed by atoms with van der Waals surface area (Å²) in [6.07, 6.45) is 0.425. The number of hydrogen-bond donors (Lipinski definition) is 2. The molecule has 1 aromatic rings. The van der Waals surface area contributed by atoms with E-state index in [1.807, 2.05) is 0 Å². The molecule has 0 saturated heterocycles. The number of benzene rings is 1. The van der Waals surface area contributed by atoms with Crippen LogP contribution in [-0.4, -0.2) is 16.1 Å². The van der Waals surface area contributed by atoms with Crippen LogP contribution in [0, 0.1) is 0 Å². The maximum absolute atomic E-state index is 10.7. The smallest absolute Gasteiger partial charge is 0.321 e. The SMILES string of the molecule is O=Cc1ccccc1P(=O)(O)O. The number of carbonyl (C=O) groups is 1. The second-order valence-corrected chi connectivity index (χ2v) is 3.79. The van der Waals surface area contributed by atoms with Crippen LogP contribution in [0.3, 0.4) is 0 Å². The summed E-state index contributed by atoms with van der Waals surface area (Å²) in [6.45, 7) is 0. The highest BCUT2D eigenvalue weighted by Gasteiger charge is 2.19. The summed E-state index contributed by atoms with van der Waals surface area (Å²) in [5.41, 5.74) is 0.0332. The van der Waals surface area contributed by atoms with Gasteiger partial charge in [-0.3, -0.25) is 9.36 Å². The Morgan fingerprint density at radius 1 is 1.25 bits per heavy atom. The Hall–Kier alpha value is -0.960. The predicted molar refractivity (Wildman–Crippen MR) is 43.5 cm³/mol. The summed E-state index contributed by atoms with van der Waals surface area (Å²) in [5.74, 6) is 0. The Morgan fingerprint density at radius 2 is 1.83 bits per heavy atom. The third kappa shape index (κ3) is 1.80. The molecule has 1 rings (SSSR count). The molecular weight excluding hydrogens is 179 g/mol. The second kappa shape index (κ2) is 3.19. The first-order valence-corrected chi connectivity index (χ1v) is 4.77. The number of rotatable bonds is 2. The maximum Gasteiger partial charge on any atom is 0.356 e. The van der Waals surface area contributed by atoms with Gasteiger partial charge in [0, 0.05) is 5.56 Å². The minimum atomic E-state index is -4.30. The van der Waals surface area contributed by atoms with Crippen LogP contribution in [0.15, 0.2) is 24.3 Å². The molecule has 1 aromatic carbocycles. The molecule has 0 fully saturated rings. The molecule has 5 heteroatoms. The molecule has 0 atom stereocenters. The molecule has 12 heavy (non-hydrogen) atoms.